The van der Waals surface area contributed by atoms with E-state index in [1.165, 1.54) is 12.1 Å². The third-order valence-electron chi connectivity index (χ3n) is 2.61. The summed E-state index contributed by atoms with van der Waals surface area (Å²) in [7, 11) is 0. The highest BCUT2D eigenvalue weighted by atomic mass is 35.5. The van der Waals surface area contributed by atoms with E-state index in [2.05, 4.69) is 4.98 Å². The molecule has 0 aliphatic heterocycles. The highest BCUT2D eigenvalue weighted by Gasteiger charge is 2.14. The van der Waals surface area contributed by atoms with Crippen molar-refractivity contribution in [2.24, 2.45) is 0 Å². The van der Waals surface area contributed by atoms with Gasteiger partial charge in [-0.05, 0) is 18.6 Å². The molecular formula is C14H13ClN2O3. The quantitative estimate of drug-likeness (QED) is 0.473. The van der Waals surface area contributed by atoms with Gasteiger partial charge in [0.2, 0.25) is 0 Å². The minimum Gasteiger partial charge on any atom is -0.493 e. The summed E-state index contributed by atoms with van der Waals surface area (Å²) < 4.78 is 5.63. The maximum absolute atomic E-state index is 10.9. The number of hydrogen-bond donors (Lipinski definition) is 0. The lowest BCUT2D eigenvalue weighted by molar-refractivity contribution is -0.384. The molecule has 0 saturated heterocycles. The standard InChI is InChI=1S/C14H13ClN2O3/c1-2-7-20-13-6-4-3-5-11(13)12-8-10(17(18)19)9-14(15)16-12/h3-6,8-9H,2,7H2,1H3. The summed E-state index contributed by atoms with van der Waals surface area (Å²) in [6, 6.07) is 9.88. The summed E-state index contributed by atoms with van der Waals surface area (Å²) in [4.78, 5) is 14.5. The van der Waals surface area contributed by atoms with Crippen molar-refractivity contribution in [2.75, 3.05) is 6.61 Å². The average Bonchev–Trinajstić information content (AvgIpc) is 2.44. The normalized spacial score (nSPS) is 10.3. The first kappa shape index (κ1) is 14.3. The average molecular weight is 293 g/mol. The zero-order valence-electron chi connectivity index (χ0n) is 10.9. The number of benzene rings is 1. The molecular weight excluding hydrogens is 280 g/mol. The summed E-state index contributed by atoms with van der Waals surface area (Å²) in [6.45, 7) is 2.57. The SMILES string of the molecule is CCCOc1ccccc1-c1cc([N+](=O)[O-])cc(Cl)n1. The van der Waals surface area contributed by atoms with Gasteiger partial charge in [0, 0.05) is 11.6 Å². The molecule has 2 rings (SSSR count). The summed E-state index contributed by atoms with van der Waals surface area (Å²) in [6.07, 6.45) is 0.872. The van der Waals surface area contributed by atoms with Crippen molar-refractivity contribution < 1.29 is 9.66 Å². The van der Waals surface area contributed by atoms with Gasteiger partial charge in [0.1, 0.15) is 10.9 Å². The minimum absolute atomic E-state index is 0.0829. The Balaban J connectivity index is 2.48. The third kappa shape index (κ3) is 3.24. The topological polar surface area (TPSA) is 65.3 Å². The number of halogens is 1. The van der Waals surface area contributed by atoms with Crippen LogP contribution < -0.4 is 4.74 Å². The Morgan fingerprint density at radius 1 is 1.35 bits per heavy atom. The van der Waals surface area contributed by atoms with Gasteiger partial charge in [-0.1, -0.05) is 30.7 Å². The molecule has 6 heteroatoms. The van der Waals surface area contributed by atoms with E-state index in [0.717, 1.165) is 6.42 Å². The molecule has 0 spiro atoms. The van der Waals surface area contributed by atoms with Gasteiger partial charge in [0.25, 0.3) is 5.69 Å². The van der Waals surface area contributed by atoms with Crippen molar-refractivity contribution in [3.63, 3.8) is 0 Å². The lowest BCUT2D eigenvalue weighted by atomic mass is 10.1. The Morgan fingerprint density at radius 2 is 2.10 bits per heavy atom. The lowest BCUT2D eigenvalue weighted by Crippen LogP contribution is -1.98. The molecule has 1 heterocycles. The summed E-state index contributed by atoms with van der Waals surface area (Å²) >= 11 is 5.84. The van der Waals surface area contributed by atoms with Gasteiger partial charge in [-0.25, -0.2) is 4.98 Å². The van der Waals surface area contributed by atoms with Gasteiger partial charge in [-0.15, -0.1) is 0 Å². The highest BCUT2D eigenvalue weighted by molar-refractivity contribution is 6.29. The zero-order chi connectivity index (χ0) is 14.5. The van der Waals surface area contributed by atoms with Crippen LogP contribution in [-0.2, 0) is 0 Å². The molecule has 0 unspecified atom stereocenters. The first-order valence-electron chi connectivity index (χ1n) is 6.16. The fourth-order valence-electron chi connectivity index (χ4n) is 1.74. The second kappa shape index (κ2) is 6.34. The molecule has 5 nitrogen and oxygen atoms in total. The minimum atomic E-state index is -0.493. The first-order chi connectivity index (χ1) is 9.61. The Morgan fingerprint density at radius 3 is 2.80 bits per heavy atom. The van der Waals surface area contributed by atoms with Crippen LogP contribution in [0.2, 0.25) is 5.15 Å². The number of pyridine rings is 1. The predicted molar refractivity (Wildman–Crippen MR) is 77.1 cm³/mol. The molecule has 0 aliphatic carbocycles. The van der Waals surface area contributed by atoms with Crippen molar-refractivity contribution >= 4 is 17.3 Å². The molecule has 0 atom stereocenters. The molecule has 0 fully saturated rings. The number of hydrogen-bond acceptors (Lipinski definition) is 4. The van der Waals surface area contributed by atoms with Crippen molar-refractivity contribution in [3.8, 4) is 17.0 Å². The predicted octanol–water partition coefficient (Wildman–Crippen LogP) is 4.10. The molecule has 0 amide bonds. The smallest absolute Gasteiger partial charge is 0.274 e. The van der Waals surface area contributed by atoms with E-state index in [1.54, 1.807) is 12.1 Å². The van der Waals surface area contributed by atoms with Gasteiger partial charge >= 0.3 is 0 Å². The second-order valence-electron chi connectivity index (χ2n) is 4.14. The van der Waals surface area contributed by atoms with Crippen molar-refractivity contribution in [3.05, 3.63) is 51.7 Å². The van der Waals surface area contributed by atoms with E-state index < -0.39 is 4.92 Å². The van der Waals surface area contributed by atoms with E-state index in [4.69, 9.17) is 16.3 Å². The Labute approximate surface area is 121 Å². The number of para-hydroxylation sites is 1. The van der Waals surface area contributed by atoms with Crippen LogP contribution in [0.5, 0.6) is 5.75 Å². The molecule has 2 aromatic rings. The number of nitrogens with zero attached hydrogens (tertiary/aromatic N) is 2. The van der Waals surface area contributed by atoms with Crippen LogP contribution in [0.4, 0.5) is 5.69 Å². The third-order valence-corrected chi connectivity index (χ3v) is 2.81. The summed E-state index contributed by atoms with van der Waals surface area (Å²) in [5, 5.41) is 11.0. The van der Waals surface area contributed by atoms with Gasteiger partial charge in [0.05, 0.1) is 23.3 Å². The van der Waals surface area contributed by atoms with Crippen LogP contribution in [0.25, 0.3) is 11.3 Å². The van der Waals surface area contributed by atoms with Crippen LogP contribution in [-0.4, -0.2) is 16.5 Å². The van der Waals surface area contributed by atoms with Crippen LogP contribution in [0.15, 0.2) is 36.4 Å². The zero-order valence-corrected chi connectivity index (χ0v) is 11.6. The molecule has 0 N–H and O–H groups in total. The fraction of sp³-hybridized carbons (Fsp3) is 0.214. The maximum atomic E-state index is 10.9. The van der Waals surface area contributed by atoms with Crippen LogP contribution in [0.3, 0.4) is 0 Å². The Hall–Kier alpha value is -2.14. The molecule has 0 radical (unpaired) electrons. The molecule has 0 saturated carbocycles. The van der Waals surface area contributed by atoms with Gasteiger partial charge in [-0.3, -0.25) is 10.1 Å². The van der Waals surface area contributed by atoms with Gasteiger partial charge < -0.3 is 4.74 Å². The van der Waals surface area contributed by atoms with E-state index in [1.807, 2.05) is 19.1 Å². The summed E-state index contributed by atoms with van der Waals surface area (Å²) in [5.74, 6) is 0.637. The Kier molecular flexibility index (Phi) is 4.53. The maximum Gasteiger partial charge on any atom is 0.274 e. The van der Waals surface area contributed by atoms with Crippen LogP contribution in [0, 0.1) is 10.1 Å². The van der Waals surface area contributed by atoms with E-state index in [9.17, 15) is 10.1 Å². The molecule has 0 aliphatic rings. The van der Waals surface area contributed by atoms with Gasteiger partial charge in [0.15, 0.2) is 0 Å². The number of nitro groups is 1. The molecule has 20 heavy (non-hydrogen) atoms. The lowest BCUT2D eigenvalue weighted by Gasteiger charge is -2.10. The first-order valence-corrected chi connectivity index (χ1v) is 6.53. The van der Waals surface area contributed by atoms with E-state index >= 15 is 0 Å². The molecule has 104 valence electrons. The fourth-order valence-corrected chi connectivity index (χ4v) is 1.95. The van der Waals surface area contributed by atoms with E-state index in [0.29, 0.717) is 23.6 Å². The number of aromatic nitrogens is 1. The largest absolute Gasteiger partial charge is 0.493 e. The van der Waals surface area contributed by atoms with Gasteiger partial charge in [-0.2, -0.15) is 0 Å². The van der Waals surface area contributed by atoms with E-state index in [-0.39, 0.29) is 10.8 Å². The Bertz CT molecular complexity index is 632. The highest BCUT2D eigenvalue weighted by Crippen LogP contribution is 2.31. The van der Waals surface area contributed by atoms with Crippen molar-refractivity contribution in [1.29, 1.82) is 0 Å². The molecule has 1 aromatic heterocycles. The number of rotatable bonds is 5. The molecule has 1 aromatic carbocycles. The summed E-state index contributed by atoms with van der Waals surface area (Å²) in [5.41, 5.74) is 1.02. The van der Waals surface area contributed by atoms with Crippen LogP contribution in [0.1, 0.15) is 13.3 Å². The number of ether oxygens (including phenoxy) is 1. The monoisotopic (exact) mass is 292 g/mol. The second-order valence-corrected chi connectivity index (χ2v) is 4.52. The van der Waals surface area contributed by atoms with Crippen LogP contribution >= 0.6 is 11.6 Å². The van der Waals surface area contributed by atoms with Crippen molar-refractivity contribution in [2.45, 2.75) is 13.3 Å². The molecule has 0 bridgehead atoms. The van der Waals surface area contributed by atoms with Crippen molar-refractivity contribution in [1.82, 2.24) is 4.98 Å².